The van der Waals surface area contributed by atoms with Crippen LogP contribution in [0.3, 0.4) is 0 Å². The highest BCUT2D eigenvalue weighted by Crippen LogP contribution is 2.26. The summed E-state index contributed by atoms with van der Waals surface area (Å²) in [5.41, 5.74) is 0. The van der Waals surface area contributed by atoms with Crippen molar-refractivity contribution < 1.29 is 4.74 Å². The summed E-state index contributed by atoms with van der Waals surface area (Å²) in [4.78, 5) is 11.4. The molecule has 1 aromatic heterocycles. The lowest BCUT2D eigenvalue weighted by Crippen LogP contribution is -2.25. The lowest BCUT2D eigenvalue weighted by Gasteiger charge is -2.23. The Bertz CT molecular complexity index is 432. The van der Waals surface area contributed by atoms with Gasteiger partial charge in [0.1, 0.15) is 18.2 Å². The van der Waals surface area contributed by atoms with Crippen LogP contribution in [0.4, 0.5) is 11.6 Å². The van der Waals surface area contributed by atoms with E-state index in [1.165, 1.54) is 25.7 Å². The minimum absolute atomic E-state index is 0.472. The van der Waals surface area contributed by atoms with Gasteiger partial charge in [0, 0.05) is 32.8 Å². The molecule has 0 bridgehead atoms. The molecule has 2 rings (SSSR count). The normalized spacial score (nSPS) is 15.4. The van der Waals surface area contributed by atoms with E-state index in [0.29, 0.717) is 13.2 Å². The average Bonchev–Trinajstić information content (AvgIpc) is 2.98. The Kier molecular flexibility index (Phi) is 6.23. The number of anilines is 2. The minimum atomic E-state index is 0.472. The van der Waals surface area contributed by atoms with Gasteiger partial charge >= 0.3 is 0 Å². The van der Waals surface area contributed by atoms with Gasteiger partial charge in [-0.1, -0.05) is 12.8 Å². The molecule has 0 saturated heterocycles. The van der Waals surface area contributed by atoms with Crippen molar-refractivity contribution >= 4 is 11.6 Å². The molecule has 1 aromatic rings. The van der Waals surface area contributed by atoms with Gasteiger partial charge in [-0.15, -0.1) is 0 Å². The van der Waals surface area contributed by atoms with Gasteiger partial charge in [-0.3, -0.25) is 0 Å². The summed E-state index contributed by atoms with van der Waals surface area (Å²) < 4.78 is 5.45. The molecule has 5 heteroatoms. The van der Waals surface area contributed by atoms with Gasteiger partial charge in [0.05, 0.1) is 0 Å². The van der Waals surface area contributed by atoms with Crippen molar-refractivity contribution in [2.24, 2.45) is 5.92 Å². The third-order valence-electron chi connectivity index (χ3n) is 3.95. The molecule has 21 heavy (non-hydrogen) atoms. The highest BCUT2D eigenvalue weighted by Gasteiger charge is 2.18. The third kappa shape index (κ3) is 4.84. The highest BCUT2D eigenvalue weighted by atomic mass is 16.5. The van der Waals surface area contributed by atoms with Gasteiger partial charge in [0.2, 0.25) is 0 Å². The summed E-state index contributed by atoms with van der Waals surface area (Å²) in [5, 5.41) is 3.28. The molecule has 1 N–H and O–H groups in total. The van der Waals surface area contributed by atoms with Crippen molar-refractivity contribution in [1.29, 1.82) is 0 Å². The fourth-order valence-corrected chi connectivity index (χ4v) is 2.88. The van der Waals surface area contributed by atoms with Crippen LogP contribution in [0.1, 0.15) is 45.4 Å². The van der Waals surface area contributed by atoms with E-state index in [0.717, 1.165) is 36.5 Å². The molecular formula is C16H28N4O. The van der Waals surface area contributed by atoms with Crippen LogP contribution >= 0.6 is 0 Å². The Morgan fingerprint density at radius 2 is 2.05 bits per heavy atom. The van der Waals surface area contributed by atoms with E-state index in [4.69, 9.17) is 4.74 Å². The molecule has 1 fully saturated rings. The number of hydrogen-bond donors (Lipinski definition) is 1. The largest absolute Gasteiger partial charge is 0.374 e. The van der Waals surface area contributed by atoms with Crippen LogP contribution in [0, 0.1) is 5.92 Å². The van der Waals surface area contributed by atoms with Crippen LogP contribution in [0.2, 0.25) is 0 Å². The lowest BCUT2D eigenvalue weighted by molar-refractivity contribution is 0.128. The van der Waals surface area contributed by atoms with Gasteiger partial charge in [0.25, 0.3) is 0 Å². The average molecular weight is 292 g/mol. The first-order chi connectivity index (χ1) is 10.2. The maximum absolute atomic E-state index is 5.45. The first-order valence-corrected chi connectivity index (χ1v) is 8.13. The van der Waals surface area contributed by atoms with E-state index in [9.17, 15) is 0 Å². The summed E-state index contributed by atoms with van der Waals surface area (Å²) in [6.45, 7) is 7.16. The van der Waals surface area contributed by atoms with E-state index in [-0.39, 0.29) is 0 Å². The number of hydrogen-bond acceptors (Lipinski definition) is 5. The quantitative estimate of drug-likeness (QED) is 0.798. The number of nitrogens with zero attached hydrogens (tertiary/aromatic N) is 3. The molecule has 0 aromatic carbocycles. The standard InChI is InChI=1S/C16H28N4O/c1-4-17-14-10-16(19-15(18-14)12-21-5-2)20(3)11-13-8-6-7-9-13/h10,13H,4-9,11-12H2,1-3H3,(H,17,18,19). The van der Waals surface area contributed by atoms with Crippen LogP contribution in [0.15, 0.2) is 6.07 Å². The molecule has 0 spiro atoms. The summed E-state index contributed by atoms with van der Waals surface area (Å²) in [7, 11) is 2.13. The van der Waals surface area contributed by atoms with Gasteiger partial charge in [0.15, 0.2) is 5.82 Å². The molecular weight excluding hydrogens is 264 g/mol. The van der Waals surface area contributed by atoms with E-state index >= 15 is 0 Å². The predicted molar refractivity (Wildman–Crippen MR) is 86.8 cm³/mol. The Hall–Kier alpha value is -1.36. The second kappa shape index (κ2) is 8.17. The summed E-state index contributed by atoms with van der Waals surface area (Å²) in [6, 6.07) is 2.04. The lowest BCUT2D eigenvalue weighted by atomic mass is 10.1. The van der Waals surface area contributed by atoms with Crippen LogP contribution < -0.4 is 10.2 Å². The Morgan fingerprint density at radius 1 is 1.29 bits per heavy atom. The van der Waals surface area contributed by atoms with E-state index in [2.05, 4.69) is 34.2 Å². The van der Waals surface area contributed by atoms with Crippen molar-refractivity contribution in [3.8, 4) is 0 Å². The second-order valence-corrected chi connectivity index (χ2v) is 5.73. The highest BCUT2D eigenvalue weighted by molar-refractivity contribution is 5.49. The SMILES string of the molecule is CCNc1cc(N(C)CC2CCCC2)nc(COCC)n1. The van der Waals surface area contributed by atoms with Crippen molar-refractivity contribution in [3.05, 3.63) is 11.9 Å². The molecule has 118 valence electrons. The molecule has 1 aliphatic rings. The number of nitrogens with one attached hydrogen (secondary N) is 1. The Balaban J connectivity index is 2.09. The first kappa shape index (κ1) is 16.0. The summed E-state index contributed by atoms with van der Waals surface area (Å²) >= 11 is 0. The zero-order chi connectivity index (χ0) is 15.1. The zero-order valence-corrected chi connectivity index (χ0v) is 13.6. The van der Waals surface area contributed by atoms with Crippen LogP contribution in [0.5, 0.6) is 0 Å². The maximum Gasteiger partial charge on any atom is 0.158 e. The van der Waals surface area contributed by atoms with Crippen molar-refractivity contribution in [2.75, 3.05) is 37.0 Å². The molecule has 5 nitrogen and oxygen atoms in total. The fourth-order valence-electron chi connectivity index (χ4n) is 2.88. The van der Waals surface area contributed by atoms with Gasteiger partial charge in [-0.05, 0) is 32.6 Å². The third-order valence-corrected chi connectivity index (χ3v) is 3.95. The van der Waals surface area contributed by atoms with Crippen LogP contribution in [-0.2, 0) is 11.3 Å². The number of rotatable bonds is 8. The molecule has 1 saturated carbocycles. The summed E-state index contributed by atoms with van der Waals surface area (Å²) in [5.74, 6) is 3.43. The van der Waals surface area contributed by atoms with Gasteiger partial charge in [-0.25, -0.2) is 9.97 Å². The predicted octanol–water partition coefficient (Wildman–Crippen LogP) is 3.07. The molecule has 0 aliphatic heterocycles. The Labute approximate surface area is 128 Å². The molecule has 0 unspecified atom stereocenters. The molecule has 0 amide bonds. The molecule has 0 radical (unpaired) electrons. The monoisotopic (exact) mass is 292 g/mol. The minimum Gasteiger partial charge on any atom is -0.374 e. The van der Waals surface area contributed by atoms with Crippen LogP contribution in [-0.4, -0.2) is 36.7 Å². The van der Waals surface area contributed by atoms with Crippen LogP contribution in [0.25, 0.3) is 0 Å². The van der Waals surface area contributed by atoms with Crippen molar-refractivity contribution in [3.63, 3.8) is 0 Å². The topological polar surface area (TPSA) is 50.3 Å². The van der Waals surface area contributed by atoms with Crippen molar-refractivity contribution in [1.82, 2.24) is 9.97 Å². The van der Waals surface area contributed by atoms with Gasteiger partial charge in [-0.2, -0.15) is 0 Å². The number of aromatic nitrogens is 2. The molecule has 0 atom stereocenters. The first-order valence-electron chi connectivity index (χ1n) is 8.13. The molecule has 1 aliphatic carbocycles. The van der Waals surface area contributed by atoms with E-state index in [1.54, 1.807) is 0 Å². The second-order valence-electron chi connectivity index (χ2n) is 5.73. The van der Waals surface area contributed by atoms with Gasteiger partial charge < -0.3 is 15.0 Å². The van der Waals surface area contributed by atoms with E-state index < -0.39 is 0 Å². The summed E-state index contributed by atoms with van der Waals surface area (Å²) in [6.07, 6.45) is 5.45. The van der Waals surface area contributed by atoms with Crippen molar-refractivity contribution in [2.45, 2.75) is 46.1 Å². The zero-order valence-electron chi connectivity index (χ0n) is 13.6. The van der Waals surface area contributed by atoms with E-state index in [1.807, 2.05) is 13.0 Å². The maximum atomic E-state index is 5.45. The number of ether oxygens (including phenoxy) is 1. The Morgan fingerprint density at radius 3 is 2.71 bits per heavy atom. The fraction of sp³-hybridized carbons (Fsp3) is 0.750. The molecule has 1 heterocycles. The smallest absolute Gasteiger partial charge is 0.158 e.